The van der Waals surface area contributed by atoms with Crippen LogP contribution in [0.25, 0.3) is 21.9 Å². The molecule has 0 unspecified atom stereocenters. The van der Waals surface area contributed by atoms with E-state index in [4.69, 9.17) is 5.73 Å². The Morgan fingerprint density at radius 2 is 2.21 bits per heavy atom. The fraction of sp³-hybridized carbons (Fsp3) is 0.333. The van der Waals surface area contributed by atoms with Crippen LogP contribution >= 0.6 is 0 Å². The molecule has 1 fully saturated rings. The summed E-state index contributed by atoms with van der Waals surface area (Å²) in [6.45, 7) is 0.470. The van der Waals surface area contributed by atoms with E-state index < -0.39 is 12.5 Å². The average Bonchev–Trinajstić information content (AvgIpc) is 3.47. The topological polar surface area (TPSA) is 92.9 Å². The van der Waals surface area contributed by atoms with Crippen molar-refractivity contribution < 1.29 is 8.78 Å². The number of rotatable bonds is 6. The Kier molecular flexibility index (Phi) is 4.74. The Labute approximate surface area is 166 Å². The normalized spacial score (nSPS) is 15.4. The highest BCUT2D eigenvalue weighted by molar-refractivity contribution is 6.02. The van der Waals surface area contributed by atoms with Gasteiger partial charge in [-0.15, -0.1) is 0 Å². The second-order valence-corrected chi connectivity index (χ2v) is 7.45. The van der Waals surface area contributed by atoms with Crippen LogP contribution in [0.3, 0.4) is 0 Å². The Hall–Kier alpha value is -3.34. The highest BCUT2D eigenvalue weighted by Crippen LogP contribution is 2.33. The van der Waals surface area contributed by atoms with Crippen LogP contribution in [-0.4, -0.2) is 26.7 Å². The lowest BCUT2D eigenvalue weighted by molar-refractivity contribution is 0.00430. The van der Waals surface area contributed by atoms with E-state index in [1.54, 1.807) is 36.7 Å². The highest BCUT2D eigenvalue weighted by Gasteiger charge is 2.26. The molecule has 0 bridgehead atoms. The maximum absolute atomic E-state index is 13.9. The number of hydrogen-bond donors (Lipinski definition) is 1. The molecule has 0 radical (unpaired) electrons. The van der Waals surface area contributed by atoms with Gasteiger partial charge < -0.3 is 10.3 Å². The van der Waals surface area contributed by atoms with Gasteiger partial charge in [0.25, 0.3) is 5.92 Å². The molecule has 29 heavy (non-hydrogen) atoms. The molecule has 148 valence electrons. The Morgan fingerprint density at radius 3 is 2.90 bits per heavy atom. The van der Waals surface area contributed by atoms with Crippen LogP contribution in [0.4, 0.5) is 8.78 Å². The fourth-order valence-electron chi connectivity index (χ4n) is 3.33. The molecular weight excluding hydrogens is 374 g/mol. The van der Waals surface area contributed by atoms with Crippen molar-refractivity contribution in [3.63, 3.8) is 0 Å². The third kappa shape index (κ3) is 4.09. The summed E-state index contributed by atoms with van der Waals surface area (Å²) in [5.41, 5.74) is 8.81. The number of nitrogens with two attached hydrogens (primary N) is 1. The first-order valence-electron chi connectivity index (χ1n) is 9.37. The molecule has 2 aromatic heterocycles. The van der Waals surface area contributed by atoms with Gasteiger partial charge in [-0.3, -0.25) is 9.98 Å². The summed E-state index contributed by atoms with van der Waals surface area (Å²) < 4.78 is 29.4. The van der Waals surface area contributed by atoms with Crippen LogP contribution in [0.5, 0.6) is 0 Å². The van der Waals surface area contributed by atoms with Gasteiger partial charge in [-0.05, 0) is 43.0 Å². The molecule has 1 saturated carbocycles. The number of allylic oxidation sites excluding steroid dienone is 2. The first-order chi connectivity index (χ1) is 13.9. The van der Waals surface area contributed by atoms with Crippen LogP contribution < -0.4 is 5.73 Å². The molecule has 1 aromatic carbocycles. The molecule has 1 aliphatic rings. The van der Waals surface area contributed by atoms with Crippen molar-refractivity contribution in [2.24, 2.45) is 16.6 Å². The third-order valence-electron chi connectivity index (χ3n) is 4.87. The zero-order chi connectivity index (χ0) is 20.6. The van der Waals surface area contributed by atoms with Crippen molar-refractivity contribution in [3.05, 3.63) is 47.6 Å². The SMILES string of the molecule is CC(F)(F)Cn1c(CN=CC=C(N)C2CC2)nc2cnc3ccc(C#N)cc3c21. The monoisotopic (exact) mass is 394 g/mol. The van der Waals surface area contributed by atoms with Crippen molar-refractivity contribution in [3.8, 4) is 6.07 Å². The van der Waals surface area contributed by atoms with Crippen molar-refractivity contribution in [1.29, 1.82) is 5.26 Å². The number of alkyl halides is 2. The molecule has 2 heterocycles. The van der Waals surface area contributed by atoms with Crippen LogP contribution in [0.1, 0.15) is 31.2 Å². The van der Waals surface area contributed by atoms with E-state index in [1.165, 1.54) is 4.57 Å². The van der Waals surface area contributed by atoms with Gasteiger partial charge in [0.2, 0.25) is 0 Å². The Morgan fingerprint density at radius 1 is 1.41 bits per heavy atom. The lowest BCUT2D eigenvalue weighted by Crippen LogP contribution is -2.21. The summed E-state index contributed by atoms with van der Waals surface area (Å²) in [5, 5.41) is 9.83. The number of pyridine rings is 1. The average molecular weight is 394 g/mol. The van der Waals surface area contributed by atoms with Gasteiger partial charge in [0.1, 0.15) is 11.3 Å². The molecule has 1 aliphatic carbocycles. The predicted molar refractivity (Wildman–Crippen MR) is 108 cm³/mol. The number of nitriles is 1. The lowest BCUT2D eigenvalue weighted by Gasteiger charge is -2.15. The molecule has 0 amide bonds. The van der Waals surface area contributed by atoms with Gasteiger partial charge in [0, 0.05) is 24.2 Å². The van der Waals surface area contributed by atoms with Gasteiger partial charge in [-0.1, -0.05) is 0 Å². The first-order valence-corrected chi connectivity index (χ1v) is 9.37. The molecule has 2 N–H and O–H groups in total. The number of fused-ring (bicyclic) bond motifs is 3. The number of nitrogens with zero attached hydrogens (tertiary/aromatic N) is 5. The van der Waals surface area contributed by atoms with E-state index >= 15 is 0 Å². The number of imidazole rings is 1. The van der Waals surface area contributed by atoms with Crippen molar-refractivity contribution in [1.82, 2.24) is 14.5 Å². The van der Waals surface area contributed by atoms with Crippen molar-refractivity contribution >= 4 is 28.2 Å². The van der Waals surface area contributed by atoms with E-state index in [2.05, 4.69) is 21.0 Å². The quantitative estimate of drug-likeness (QED) is 0.641. The summed E-state index contributed by atoms with van der Waals surface area (Å²) >= 11 is 0. The smallest absolute Gasteiger partial charge is 0.262 e. The van der Waals surface area contributed by atoms with Gasteiger partial charge in [-0.25, -0.2) is 13.8 Å². The van der Waals surface area contributed by atoms with Crippen molar-refractivity contribution in [2.45, 2.75) is 38.8 Å². The molecule has 4 rings (SSSR count). The lowest BCUT2D eigenvalue weighted by atomic mass is 10.1. The largest absolute Gasteiger partial charge is 0.402 e. The maximum atomic E-state index is 13.9. The van der Waals surface area contributed by atoms with E-state index in [0.29, 0.717) is 39.2 Å². The van der Waals surface area contributed by atoms with Crippen LogP contribution in [0, 0.1) is 17.2 Å². The van der Waals surface area contributed by atoms with Gasteiger partial charge >= 0.3 is 0 Å². The summed E-state index contributed by atoms with van der Waals surface area (Å²) in [5.74, 6) is -2.09. The molecule has 8 heteroatoms. The first kappa shape index (κ1) is 19.0. The second kappa shape index (κ2) is 7.24. The Bertz CT molecular complexity index is 1180. The minimum Gasteiger partial charge on any atom is -0.402 e. The van der Waals surface area contributed by atoms with E-state index in [-0.39, 0.29) is 6.54 Å². The van der Waals surface area contributed by atoms with E-state index in [1.807, 2.05) is 0 Å². The molecule has 0 saturated heterocycles. The minimum absolute atomic E-state index is 0.138. The third-order valence-corrected chi connectivity index (χ3v) is 4.87. The second-order valence-electron chi connectivity index (χ2n) is 7.45. The molecule has 0 spiro atoms. The molecule has 0 atom stereocenters. The number of aliphatic imine (C=N–C) groups is 1. The summed E-state index contributed by atoms with van der Waals surface area (Å²) in [6, 6.07) is 7.09. The van der Waals surface area contributed by atoms with Gasteiger partial charge in [0.05, 0.1) is 42.0 Å². The highest BCUT2D eigenvalue weighted by atomic mass is 19.3. The minimum atomic E-state index is -2.94. The fourth-order valence-corrected chi connectivity index (χ4v) is 3.33. The van der Waals surface area contributed by atoms with E-state index in [0.717, 1.165) is 25.5 Å². The molecular formula is C21H20F2N6. The molecule has 6 nitrogen and oxygen atoms in total. The van der Waals surface area contributed by atoms with Crippen LogP contribution in [-0.2, 0) is 13.1 Å². The number of benzene rings is 1. The number of halogens is 2. The van der Waals surface area contributed by atoms with Gasteiger partial charge in [0.15, 0.2) is 0 Å². The van der Waals surface area contributed by atoms with Gasteiger partial charge in [-0.2, -0.15) is 5.26 Å². The molecule has 3 aromatic rings. The van der Waals surface area contributed by atoms with E-state index in [9.17, 15) is 14.0 Å². The zero-order valence-corrected chi connectivity index (χ0v) is 15.9. The van der Waals surface area contributed by atoms with Crippen LogP contribution in [0.15, 0.2) is 41.2 Å². The summed E-state index contributed by atoms with van der Waals surface area (Å²) in [6.07, 6.45) is 7.12. The zero-order valence-electron chi connectivity index (χ0n) is 15.9. The number of hydrogen-bond acceptors (Lipinski definition) is 5. The van der Waals surface area contributed by atoms with Crippen LogP contribution in [0.2, 0.25) is 0 Å². The standard InChI is InChI=1S/C21H20F2N6/c1-21(22,23)12-29-19(11-26-7-6-16(25)14-3-4-14)28-18-10-27-17-5-2-13(9-24)8-15(17)20(18)29/h2,5-8,10,14H,3-4,11-12,25H2,1H3. The predicted octanol–water partition coefficient (Wildman–Crippen LogP) is 3.93. The number of aromatic nitrogens is 3. The maximum Gasteiger partial charge on any atom is 0.262 e. The summed E-state index contributed by atoms with van der Waals surface area (Å²) in [7, 11) is 0. The van der Waals surface area contributed by atoms with Crippen molar-refractivity contribution in [2.75, 3.05) is 0 Å². The summed E-state index contributed by atoms with van der Waals surface area (Å²) in [4.78, 5) is 13.1. The molecule has 0 aliphatic heterocycles. The Balaban J connectivity index is 1.79.